The number of nitriles is 1. The lowest BCUT2D eigenvalue weighted by molar-refractivity contribution is -0.132. The maximum absolute atomic E-state index is 11.0. The summed E-state index contributed by atoms with van der Waals surface area (Å²) in [5.41, 5.74) is 1.06. The smallest absolute Gasteiger partial charge is 0.338 e. The number of carboxylic acid groups (broad SMARTS) is 1. The molecule has 0 saturated heterocycles. The average Bonchev–Trinajstić information content (AvgIpc) is 2.62. The summed E-state index contributed by atoms with van der Waals surface area (Å²) in [6.07, 6.45) is 2.89. The molecule has 1 fully saturated rings. The molecule has 2 rings (SSSR count). The van der Waals surface area contributed by atoms with Crippen LogP contribution in [0.4, 0.5) is 0 Å². The molecule has 4 nitrogen and oxygen atoms in total. The first-order valence-corrected chi connectivity index (χ1v) is 5.07. The molecule has 0 aromatic rings. The van der Waals surface area contributed by atoms with Gasteiger partial charge in [0.15, 0.2) is 0 Å². The first-order valence-electron chi connectivity index (χ1n) is 5.07. The van der Waals surface area contributed by atoms with Crippen molar-refractivity contribution in [2.75, 3.05) is 0 Å². The van der Waals surface area contributed by atoms with E-state index in [9.17, 15) is 4.79 Å². The van der Waals surface area contributed by atoms with E-state index in [1.807, 2.05) is 0 Å². The molecule has 78 valence electrons. The summed E-state index contributed by atoms with van der Waals surface area (Å²) in [4.78, 5) is 15.4. The van der Waals surface area contributed by atoms with Gasteiger partial charge in [0, 0.05) is 11.6 Å². The Hall–Kier alpha value is -1.63. The van der Waals surface area contributed by atoms with Gasteiger partial charge in [-0.1, -0.05) is 6.42 Å². The van der Waals surface area contributed by atoms with Gasteiger partial charge in [-0.05, 0) is 19.8 Å². The first-order chi connectivity index (χ1) is 7.15. The molecule has 0 aromatic heterocycles. The lowest BCUT2D eigenvalue weighted by Gasteiger charge is -2.23. The van der Waals surface area contributed by atoms with Gasteiger partial charge in [0.05, 0.1) is 23.3 Å². The molecule has 2 atom stereocenters. The Bertz CT molecular complexity index is 415. The average molecular weight is 204 g/mol. The maximum Gasteiger partial charge on any atom is 0.338 e. The minimum atomic E-state index is -1.03. The third kappa shape index (κ3) is 1.44. The molecule has 0 bridgehead atoms. The minimum Gasteiger partial charge on any atom is -0.478 e. The Morgan fingerprint density at radius 1 is 1.60 bits per heavy atom. The quantitative estimate of drug-likeness (QED) is 0.704. The summed E-state index contributed by atoms with van der Waals surface area (Å²) in [7, 11) is 0. The summed E-state index contributed by atoms with van der Waals surface area (Å²) < 4.78 is 0. The van der Waals surface area contributed by atoms with E-state index in [-0.39, 0.29) is 17.5 Å². The number of carbonyl (C=O) groups is 1. The summed E-state index contributed by atoms with van der Waals surface area (Å²) in [5, 5.41) is 18.1. The first kappa shape index (κ1) is 9.91. The Labute approximate surface area is 87.9 Å². The van der Waals surface area contributed by atoms with E-state index in [1.165, 1.54) is 0 Å². The number of aliphatic carboxylic acids is 1. The summed E-state index contributed by atoms with van der Waals surface area (Å²) in [6, 6.07) is 2.20. The molecule has 1 heterocycles. The van der Waals surface area contributed by atoms with E-state index in [4.69, 9.17) is 10.4 Å². The van der Waals surface area contributed by atoms with E-state index in [1.54, 1.807) is 6.92 Å². The van der Waals surface area contributed by atoms with Gasteiger partial charge in [-0.15, -0.1) is 0 Å². The molecule has 2 aliphatic rings. The van der Waals surface area contributed by atoms with Crippen LogP contribution in [0.15, 0.2) is 16.1 Å². The van der Waals surface area contributed by atoms with E-state index >= 15 is 0 Å². The Morgan fingerprint density at radius 3 is 2.93 bits per heavy atom. The second-order valence-electron chi connectivity index (χ2n) is 4.02. The normalized spacial score (nSPS) is 29.5. The van der Waals surface area contributed by atoms with E-state index in [0.29, 0.717) is 11.3 Å². The number of fused-ring (bicyclic) bond motifs is 1. The Kier molecular flexibility index (Phi) is 2.31. The fourth-order valence-electron chi connectivity index (χ4n) is 2.53. The van der Waals surface area contributed by atoms with Crippen LogP contribution in [0.25, 0.3) is 0 Å². The second kappa shape index (κ2) is 3.50. The van der Waals surface area contributed by atoms with Crippen molar-refractivity contribution in [3.05, 3.63) is 11.1 Å². The fraction of sp³-hybridized carbons (Fsp3) is 0.545. The predicted octanol–water partition coefficient (Wildman–Crippen LogP) is 1.53. The van der Waals surface area contributed by atoms with Gasteiger partial charge >= 0.3 is 5.97 Å². The lowest BCUT2D eigenvalue weighted by Crippen LogP contribution is -2.27. The molecular weight excluding hydrogens is 192 g/mol. The topological polar surface area (TPSA) is 73.5 Å². The molecule has 2 unspecified atom stereocenters. The van der Waals surface area contributed by atoms with E-state index in [0.717, 1.165) is 19.3 Å². The molecule has 0 radical (unpaired) electrons. The van der Waals surface area contributed by atoms with Crippen LogP contribution in [0.5, 0.6) is 0 Å². The molecule has 15 heavy (non-hydrogen) atoms. The molecule has 0 aromatic carbocycles. The molecule has 1 saturated carbocycles. The Balaban J connectivity index is 2.52. The van der Waals surface area contributed by atoms with Crippen LogP contribution in [-0.4, -0.2) is 22.8 Å². The molecular formula is C11H12N2O2. The fourth-order valence-corrected chi connectivity index (χ4v) is 2.53. The number of rotatable bonds is 1. The molecule has 0 amide bonds. The van der Waals surface area contributed by atoms with Gasteiger partial charge in [-0.25, -0.2) is 4.79 Å². The number of aliphatic imine (C=N–C) groups is 1. The maximum atomic E-state index is 11.0. The van der Waals surface area contributed by atoms with Gasteiger partial charge in [-0.2, -0.15) is 5.26 Å². The van der Waals surface area contributed by atoms with Crippen molar-refractivity contribution in [2.24, 2.45) is 10.9 Å². The SMILES string of the molecule is CC1=NC2CCCC2C(C#N)=C1C(=O)O. The van der Waals surface area contributed by atoms with Crippen LogP contribution >= 0.6 is 0 Å². The molecule has 1 aliphatic carbocycles. The van der Waals surface area contributed by atoms with Crippen molar-refractivity contribution >= 4 is 11.7 Å². The second-order valence-corrected chi connectivity index (χ2v) is 4.02. The van der Waals surface area contributed by atoms with Gasteiger partial charge in [0.1, 0.15) is 0 Å². The van der Waals surface area contributed by atoms with Crippen LogP contribution in [0.3, 0.4) is 0 Å². The van der Waals surface area contributed by atoms with Crippen LogP contribution in [0.1, 0.15) is 26.2 Å². The highest BCUT2D eigenvalue weighted by molar-refractivity contribution is 6.19. The van der Waals surface area contributed by atoms with E-state index in [2.05, 4.69) is 11.1 Å². The van der Waals surface area contributed by atoms with Gasteiger partial charge in [-0.3, -0.25) is 4.99 Å². The van der Waals surface area contributed by atoms with Crippen LogP contribution in [-0.2, 0) is 4.79 Å². The third-order valence-corrected chi connectivity index (χ3v) is 3.18. The van der Waals surface area contributed by atoms with Crippen molar-refractivity contribution in [1.29, 1.82) is 5.26 Å². The molecule has 0 spiro atoms. The third-order valence-electron chi connectivity index (χ3n) is 3.18. The number of hydrogen-bond acceptors (Lipinski definition) is 3. The van der Waals surface area contributed by atoms with Crippen LogP contribution < -0.4 is 0 Å². The molecule has 1 aliphatic heterocycles. The predicted molar refractivity (Wildman–Crippen MR) is 54.5 cm³/mol. The summed E-state index contributed by atoms with van der Waals surface area (Å²) >= 11 is 0. The highest BCUT2D eigenvalue weighted by Gasteiger charge is 2.37. The van der Waals surface area contributed by atoms with Crippen molar-refractivity contribution in [3.8, 4) is 6.07 Å². The standard InChI is InChI=1S/C11H12N2O2/c1-6-10(11(14)15)8(5-12)7-3-2-4-9(7)13-6/h7,9H,2-4H2,1H3,(H,14,15). The van der Waals surface area contributed by atoms with Crippen molar-refractivity contribution in [3.63, 3.8) is 0 Å². The van der Waals surface area contributed by atoms with Gasteiger partial charge in [0.25, 0.3) is 0 Å². The Morgan fingerprint density at radius 2 is 2.33 bits per heavy atom. The monoisotopic (exact) mass is 204 g/mol. The lowest BCUT2D eigenvalue weighted by atomic mass is 9.86. The highest BCUT2D eigenvalue weighted by Crippen LogP contribution is 2.38. The summed E-state index contributed by atoms with van der Waals surface area (Å²) in [6.45, 7) is 1.68. The van der Waals surface area contributed by atoms with Crippen LogP contribution in [0, 0.1) is 17.2 Å². The number of carboxylic acids is 1. The van der Waals surface area contributed by atoms with Crippen molar-refractivity contribution < 1.29 is 9.90 Å². The number of nitrogens with zero attached hydrogens (tertiary/aromatic N) is 2. The zero-order valence-corrected chi connectivity index (χ0v) is 8.53. The zero-order valence-electron chi connectivity index (χ0n) is 8.53. The summed E-state index contributed by atoms with van der Waals surface area (Å²) in [5.74, 6) is -0.983. The molecule has 4 heteroatoms. The minimum absolute atomic E-state index is 0.0461. The van der Waals surface area contributed by atoms with E-state index < -0.39 is 5.97 Å². The van der Waals surface area contributed by atoms with Crippen molar-refractivity contribution in [2.45, 2.75) is 32.2 Å². The zero-order chi connectivity index (χ0) is 11.0. The van der Waals surface area contributed by atoms with Crippen LogP contribution in [0.2, 0.25) is 0 Å². The van der Waals surface area contributed by atoms with Gasteiger partial charge < -0.3 is 5.11 Å². The van der Waals surface area contributed by atoms with Crippen molar-refractivity contribution in [1.82, 2.24) is 0 Å². The number of dihydropyridines is 1. The highest BCUT2D eigenvalue weighted by atomic mass is 16.4. The number of hydrogen-bond donors (Lipinski definition) is 1. The van der Waals surface area contributed by atoms with Gasteiger partial charge in [0.2, 0.25) is 0 Å². The largest absolute Gasteiger partial charge is 0.478 e. The molecule has 1 N–H and O–H groups in total.